The molecule has 126 valence electrons. The number of amides is 1. The fraction of sp³-hybridized carbons (Fsp3) is 0.263. The molecule has 0 saturated carbocycles. The van der Waals surface area contributed by atoms with Gasteiger partial charge in [-0.25, -0.2) is 0 Å². The monoisotopic (exact) mass is 345 g/mol. The van der Waals surface area contributed by atoms with Crippen LogP contribution in [0.3, 0.4) is 0 Å². The van der Waals surface area contributed by atoms with Crippen LogP contribution in [0.25, 0.3) is 0 Å². The van der Waals surface area contributed by atoms with E-state index in [0.717, 1.165) is 11.1 Å². The Labute approximate surface area is 146 Å². The lowest BCUT2D eigenvalue weighted by atomic mass is 10.1. The summed E-state index contributed by atoms with van der Waals surface area (Å²) in [6, 6.07) is 12.8. The number of carbonyl (C=O) groups excluding carboxylic acids is 2. The Morgan fingerprint density at radius 1 is 1.17 bits per heavy atom. The largest absolute Gasteiger partial charge is 0.452 e. The number of ether oxygens (including phenoxy) is 1. The van der Waals surface area contributed by atoms with Crippen molar-refractivity contribution >= 4 is 29.2 Å². The van der Waals surface area contributed by atoms with Crippen LogP contribution in [-0.4, -0.2) is 18.0 Å². The third-order valence-electron chi connectivity index (χ3n) is 3.61. The summed E-state index contributed by atoms with van der Waals surface area (Å²) in [5.41, 5.74) is 3.45. The topological polar surface area (TPSA) is 55.4 Å². The van der Waals surface area contributed by atoms with Crippen LogP contribution in [0.4, 0.5) is 5.69 Å². The Hall–Kier alpha value is -2.33. The molecular weight excluding hydrogens is 326 g/mol. The van der Waals surface area contributed by atoms with Crippen molar-refractivity contribution in [2.75, 3.05) is 5.32 Å². The van der Waals surface area contributed by atoms with E-state index >= 15 is 0 Å². The van der Waals surface area contributed by atoms with Crippen LogP contribution < -0.4 is 5.32 Å². The summed E-state index contributed by atoms with van der Waals surface area (Å²) < 4.78 is 5.20. The number of esters is 1. The fourth-order valence-corrected chi connectivity index (χ4v) is 2.48. The number of carbonyl (C=O) groups is 2. The number of halogens is 1. The minimum atomic E-state index is -0.888. The Bertz CT molecular complexity index is 758. The molecule has 0 aromatic heterocycles. The van der Waals surface area contributed by atoms with E-state index < -0.39 is 12.1 Å². The van der Waals surface area contributed by atoms with Gasteiger partial charge in [0, 0.05) is 10.7 Å². The van der Waals surface area contributed by atoms with Gasteiger partial charge in [0.25, 0.3) is 5.91 Å². The number of anilines is 1. The summed E-state index contributed by atoms with van der Waals surface area (Å²) in [5, 5.41) is 3.28. The Morgan fingerprint density at radius 2 is 1.88 bits per heavy atom. The molecule has 0 aliphatic carbocycles. The summed E-state index contributed by atoms with van der Waals surface area (Å²) >= 11 is 6.02. The molecule has 1 N–H and O–H groups in total. The number of hydrogen-bond donors (Lipinski definition) is 1. The highest BCUT2D eigenvalue weighted by atomic mass is 35.5. The van der Waals surface area contributed by atoms with Gasteiger partial charge in [-0.1, -0.05) is 47.5 Å². The average Bonchev–Trinajstić information content (AvgIpc) is 2.52. The smallest absolute Gasteiger partial charge is 0.311 e. The molecule has 0 heterocycles. The number of hydrogen-bond acceptors (Lipinski definition) is 3. The van der Waals surface area contributed by atoms with Gasteiger partial charge in [-0.2, -0.15) is 0 Å². The number of nitrogens with one attached hydrogen (secondary N) is 1. The normalized spacial score (nSPS) is 11.7. The molecule has 0 aliphatic rings. The van der Waals surface area contributed by atoms with E-state index in [0.29, 0.717) is 16.3 Å². The van der Waals surface area contributed by atoms with Crippen molar-refractivity contribution in [3.05, 3.63) is 64.2 Å². The third-order valence-corrected chi connectivity index (χ3v) is 3.98. The van der Waals surface area contributed by atoms with Gasteiger partial charge in [0.2, 0.25) is 0 Å². The minimum absolute atomic E-state index is 0.0286. The highest BCUT2D eigenvalue weighted by Gasteiger charge is 2.19. The van der Waals surface area contributed by atoms with Gasteiger partial charge in [0.05, 0.1) is 6.42 Å². The minimum Gasteiger partial charge on any atom is -0.452 e. The molecule has 0 unspecified atom stereocenters. The maximum absolute atomic E-state index is 12.2. The lowest BCUT2D eigenvalue weighted by Gasteiger charge is -2.15. The summed E-state index contributed by atoms with van der Waals surface area (Å²) in [5.74, 6) is -0.860. The first kappa shape index (κ1) is 18.0. The van der Waals surface area contributed by atoms with Crippen LogP contribution in [0.5, 0.6) is 0 Å². The predicted octanol–water partition coefficient (Wildman–Crippen LogP) is 4.07. The fourth-order valence-electron chi connectivity index (χ4n) is 2.28. The molecule has 0 saturated heterocycles. The SMILES string of the molecule is Cc1ccc(NC(=O)[C@@H](C)OC(=O)Cc2ccccc2Cl)c(C)c1. The zero-order chi connectivity index (χ0) is 17.7. The molecule has 0 aliphatic heterocycles. The van der Waals surface area contributed by atoms with Gasteiger partial charge in [0.15, 0.2) is 6.10 Å². The first-order valence-electron chi connectivity index (χ1n) is 7.68. The van der Waals surface area contributed by atoms with E-state index in [1.165, 1.54) is 0 Å². The van der Waals surface area contributed by atoms with E-state index in [4.69, 9.17) is 16.3 Å². The summed E-state index contributed by atoms with van der Waals surface area (Å²) in [7, 11) is 0. The third kappa shape index (κ3) is 4.83. The van der Waals surface area contributed by atoms with Crippen molar-refractivity contribution in [3.63, 3.8) is 0 Å². The van der Waals surface area contributed by atoms with E-state index in [2.05, 4.69) is 5.32 Å². The van der Waals surface area contributed by atoms with Gasteiger partial charge >= 0.3 is 5.97 Å². The molecule has 2 aromatic rings. The van der Waals surface area contributed by atoms with Crippen molar-refractivity contribution in [1.82, 2.24) is 0 Å². The van der Waals surface area contributed by atoms with Crippen molar-refractivity contribution < 1.29 is 14.3 Å². The summed E-state index contributed by atoms with van der Waals surface area (Å²) in [6.07, 6.45) is -0.860. The van der Waals surface area contributed by atoms with Crippen molar-refractivity contribution in [1.29, 1.82) is 0 Å². The van der Waals surface area contributed by atoms with Crippen LogP contribution in [0.15, 0.2) is 42.5 Å². The predicted molar refractivity (Wildman–Crippen MR) is 95.3 cm³/mol. The highest BCUT2D eigenvalue weighted by Crippen LogP contribution is 2.18. The first-order chi connectivity index (χ1) is 11.4. The highest BCUT2D eigenvalue weighted by molar-refractivity contribution is 6.31. The Kier molecular flexibility index (Phi) is 5.99. The molecule has 0 radical (unpaired) electrons. The molecule has 0 bridgehead atoms. The molecule has 1 atom stereocenters. The lowest BCUT2D eigenvalue weighted by Crippen LogP contribution is -2.30. The first-order valence-corrected chi connectivity index (χ1v) is 8.05. The van der Waals surface area contributed by atoms with Gasteiger partial charge in [-0.15, -0.1) is 0 Å². The standard InChI is InChI=1S/C19H20ClNO3/c1-12-8-9-17(13(2)10-12)21-19(23)14(3)24-18(22)11-15-6-4-5-7-16(15)20/h4-10,14H,11H2,1-3H3,(H,21,23)/t14-/m1/s1. The Balaban J connectivity index is 1.93. The second kappa shape index (κ2) is 7.97. The molecule has 2 aromatic carbocycles. The second-order valence-corrected chi connectivity index (χ2v) is 6.12. The summed E-state index contributed by atoms with van der Waals surface area (Å²) in [4.78, 5) is 24.2. The number of benzene rings is 2. The van der Waals surface area contributed by atoms with Crippen molar-refractivity contribution in [2.45, 2.75) is 33.3 Å². The van der Waals surface area contributed by atoms with Crippen molar-refractivity contribution in [2.24, 2.45) is 0 Å². The molecular formula is C19H20ClNO3. The zero-order valence-corrected chi connectivity index (χ0v) is 14.7. The van der Waals surface area contributed by atoms with Crippen LogP contribution in [0.2, 0.25) is 5.02 Å². The van der Waals surface area contributed by atoms with Crippen molar-refractivity contribution in [3.8, 4) is 0 Å². The lowest BCUT2D eigenvalue weighted by molar-refractivity contribution is -0.152. The van der Waals surface area contributed by atoms with Gasteiger partial charge in [0.1, 0.15) is 0 Å². The zero-order valence-electron chi connectivity index (χ0n) is 13.9. The number of rotatable bonds is 5. The second-order valence-electron chi connectivity index (χ2n) is 5.71. The quantitative estimate of drug-likeness (QED) is 0.831. The van der Waals surface area contributed by atoms with Crippen LogP contribution in [0.1, 0.15) is 23.6 Å². The van der Waals surface area contributed by atoms with Gasteiger partial charge in [-0.05, 0) is 44.0 Å². The molecule has 0 fully saturated rings. The van der Waals surface area contributed by atoms with E-state index in [1.807, 2.05) is 32.0 Å². The Morgan fingerprint density at radius 3 is 2.54 bits per heavy atom. The molecule has 2 rings (SSSR count). The van der Waals surface area contributed by atoms with Gasteiger partial charge < -0.3 is 10.1 Å². The van der Waals surface area contributed by atoms with Crippen LogP contribution in [0, 0.1) is 13.8 Å². The number of aryl methyl sites for hydroxylation is 2. The average molecular weight is 346 g/mol. The summed E-state index contributed by atoms with van der Waals surface area (Å²) in [6.45, 7) is 5.44. The maximum atomic E-state index is 12.2. The molecule has 24 heavy (non-hydrogen) atoms. The maximum Gasteiger partial charge on any atom is 0.311 e. The van der Waals surface area contributed by atoms with E-state index in [-0.39, 0.29) is 12.3 Å². The molecule has 1 amide bonds. The van der Waals surface area contributed by atoms with Gasteiger partial charge in [-0.3, -0.25) is 9.59 Å². The van der Waals surface area contributed by atoms with Crippen LogP contribution in [-0.2, 0) is 20.7 Å². The van der Waals surface area contributed by atoms with E-state index in [1.54, 1.807) is 31.2 Å². The molecule has 0 spiro atoms. The van der Waals surface area contributed by atoms with E-state index in [9.17, 15) is 9.59 Å². The van der Waals surface area contributed by atoms with Crippen LogP contribution >= 0.6 is 11.6 Å². The molecule has 4 nitrogen and oxygen atoms in total. The molecule has 5 heteroatoms.